The Hall–Kier alpha value is -1.91. The van der Waals surface area contributed by atoms with E-state index in [4.69, 9.17) is 4.74 Å². The van der Waals surface area contributed by atoms with E-state index in [-0.39, 0.29) is 17.6 Å². The van der Waals surface area contributed by atoms with Gasteiger partial charge in [-0.3, -0.25) is 0 Å². The Morgan fingerprint density at radius 3 is 2.71 bits per heavy atom. The number of halogens is 1. The highest BCUT2D eigenvalue weighted by Gasteiger charge is 2.11. The molecule has 0 amide bonds. The molecule has 0 aliphatic rings. The average molecular weight is 289 g/mol. The molecule has 0 bridgehead atoms. The van der Waals surface area contributed by atoms with Crippen LogP contribution in [0, 0.1) is 5.82 Å². The number of phenolic OH excluding ortho intramolecular Hbond substituents is 1. The molecule has 0 aromatic heterocycles. The quantitative estimate of drug-likeness (QED) is 0.855. The molecule has 2 rings (SSSR count). The van der Waals surface area contributed by atoms with Gasteiger partial charge in [0.15, 0.2) is 0 Å². The Kier molecular flexibility index (Phi) is 5.31. The largest absolute Gasteiger partial charge is 0.508 e. The van der Waals surface area contributed by atoms with Crippen LogP contribution in [0.3, 0.4) is 0 Å². The molecule has 21 heavy (non-hydrogen) atoms. The van der Waals surface area contributed by atoms with Crippen molar-refractivity contribution in [3.8, 4) is 5.75 Å². The third kappa shape index (κ3) is 4.28. The predicted octanol–water partition coefficient (Wildman–Crippen LogP) is 3.53. The molecule has 0 saturated carbocycles. The minimum atomic E-state index is -0.349. The standard InChI is InChI=1S/C17H20FNO2/c1-12(16-9-15(18)6-7-17(16)20)19-10-13-4-3-5-14(8-13)11-21-2/h3-9,12,19-20H,10-11H2,1-2H3. The first-order valence-corrected chi connectivity index (χ1v) is 6.88. The van der Waals surface area contributed by atoms with E-state index in [0.717, 1.165) is 11.1 Å². The highest BCUT2D eigenvalue weighted by Crippen LogP contribution is 2.24. The average Bonchev–Trinajstić information content (AvgIpc) is 2.48. The molecule has 2 aromatic rings. The van der Waals surface area contributed by atoms with Crippen molar-refractivity contribution in [3.63, 3.8) is 0 Å². The molecule has 0 saturated heterocycles. The molecular formula is C17H20FNO2. The number of ether oxygens (including phenoxy) is 1. The van der Waals surface area contributed by atoms with Crippen LogP contribution in [0.4, 0.5) is 4.39 Å². The highest BCUT2D eigenvalue weighted by atomic mass is 19.1. The van der Waals surface area contributed by atoms with Gasteiger partial charge in [0, 0.05) is 25.3 Å². The Morgan fingerprint density at radius 1 is 1.19 bits per heavy atom. The number of rotatable bonds is 6. The lowest BCUT2D eigenvalue weighted by atomic mass is 10.1. The van der Waals surface area contributed by atoms with Gasteiger partial charge in [-0.1, -0.05) is 24.3 Å². The van der Waals surface area contributed by atoms with Gasteiger partial charge in [0.1, 0.15) is 11.6 Å². The maximum atomic E-state index is 13.3. The zero-order valence-electron chi connectivity index (χ0n) is 12.3. The summed E-state index contributed by atoms with van der Waals surface area (Å²) in [6.07, 6.45) is 0. The fourth-order valence-corrected chi connectivity index (χ4v) is 2.25. The molecule has 0 aliphatic carbocycles. The molecule has 0 fully saturated rings. The monoisotopic (exact) mass is 289 g/mol. The van der Waals surface area contributed by atoms with Crippen LogP contribution in [0.5, 0.6) is 5.75 Å². The Balaban J connectivity index is 2.02. The van der Waals surface area contributed by atoms with Crippen LogP contribution in [0.15, 0.2) is 42.5 Å². The van der Waals surface area contributed by atoms with Crippen LogP contribution in [-0.4, -0.2) is 12.2 Å². The van der Waals surface area contributed by atoms with Gasteiger partial charge in [-0.15, -0.1) is 0 Å². The van der Waals surface area contributed by atoms with Crippen molar-refractivity contribution >= 4 is 0 Å². The molecular weight excluding hydrogens is 269 g/mol. The SMILES string of the molecule is COCc1cccc(CNC(C)c2cc(F)ccc2O)c1. The molecule has 2 N–H and O–H groups in total. The summed E-state index contributed by atoms with van der Waals surface area (Å²) in [5.41, 5.74) is 2.79. The highest BCUT2D eigenvalue weighted by molar-refractivity contribution is 5.35. The van der Waals surface area contributed by atoms with Gasteiger partial charge in [0.2, 0.25) is 0 Å². The lowest BCUT2D eigenvalue weighted by Gasteiger charge is -2.16. The van der Waals surface area contributed by atoms with Crippen LogP contribution >= 0.6 is 0 Å². The molecule has 112 valence electrons. The van der Waals surface area contributed by atoms with Crippen molar-refractivity contribution in [2.75, 3.05) is 7.11 Å². The van der Waals surface area contributed by atoms with Crippen molar-refractivity contribution in [2.24, 2.45) is 0 Å². The summed E-state index contributed by atoms with van der Waals surface area (Å²) in [6, 6.07) is 11.9. The first-order chi connectivity index (χ1) is 10.1. The topological polar surface area (TPSA) is 41.5 Å². The van der Waals surface area contributed by atoms with Crippen LogP contribution in [0.25, 0.3) is 0 Å². The molecule has 1 atom stereocenters. The summed E-state index contributed by atoms with van der Waals surface area (Å²) < 4.78 is 18.4. The van der Waals surface area contributed by atoms with E-state index in [0.29, 0.717) is 18.7 Å². The van der Waals surface area contributed by atoms with E-state index in [1.54, 1.807) is 7.11 Å². The van der Waals surface area contributed by atoms with E-state index in [1.165, 1.54) is 18.2 Å². The molecule has 3 nitrogen and oxygen atoms in total. The predicted molar refractivity (Wildman–Crippen MR) is 80.5 cm³/mol. The van der Waals surface area contributed by atoms with Gasteiger partial charge in [0.05, 0.1) is 6.61 Å². The lowest BCUT2D eigenvalue weighted by Crippen LogP contribution is -2.18. The van der Waals surface area contributed by atoms with Gasteiger partial charge in [-0.05, 0) is 36.2 Å². The molecule has 0 aliphatic heterocycles. The van der Waals surface area contributed by atoms with E-state index < -0.39 is 0 Å². The van der Waals surface area contributed by atoms with Crippen LogP contribution in [-0.2, 0) is 17.9 Å². The summed E-state index contributed by atoms with van der Waals surface area (Å²) in [5, 5.41) is 13.1. The van der Waals surface area contributed by atoms with Gasteiger partial charge in [-0.2, -0.15) is 0 Å². The third-order valence-electron chi connectivity index (χ3n) is 3.37. The first kappa shape index (κ1) is 15.5. The zero-order valence-corrected chi connectivity index (χ0v) is 12.3. The molecule has 1 unspecified atom stereocenters. The summed E-state index contributed by atoms with van der Waals surface area (Å²) in [4.78, 5) is 0. The summed E-state index contributed by atoms with van der Waals surface area (Å²) in [7, 11) is 1.67. The number of hydrogen-bond acceptors (Lipinski definition) is 3. The molecule has 4 heteroatoms. The summed E-state index contributed by atoms with van der Waals surface area (Å²) in [5.74, 6) is -0.247. The molecule has 0 spiro atoms. The molecule has 0 radical (unpaired) electrons. The van der Waals surface area contributed by atoms with Crippen molar-refractivity contribution in [1.82, 2.24) is 5.32 Å². The van der Waals surface area contributed by atoms with Crippen molar-refractivity contribution in [2.45, 2.75) is 26.1 Å². The fraction of sp³-hybridized carbons (Fsp3) is 0.294. The third-order valence-corrected chi connectivity index (χ3v) is 3.37. The number of methoxy groups -OCH3 is 1. The second kappa shape index (κ2) is 7.20. The van der Waals surface area contributed by atoms with E-state index in [1.807, 2.05) is 25.1 Å². The number of hydrogen-bond donors (Lipinski definition) is 2. The number of aromatic hydroxyl groups is 1. The van der Waals surface area contributed by atoms with E-state index >= 15 is 0 Å². The molecule has 2 aromatic carbocycles. The van der Waals surface area contributed by atoms with Crippen LogP contribution in [0.2, 0.25) is 0 Å². The van der Waals surface area contributed by atoms with Crippen molar-refractivity contribution in [3.05, 3.63) is 65.0 Å². The van der Waals surface area contributed by atoms with E-state index in [2.05, 4.69) is 11.4 Å². The number of phenols is 1. The second-order valence-corrected chi connectivity index (χ2v) is 5.06. The van der Waals surface area contributed by atoms with Crippen LogP contribution in [0.1, 0.15) is 29.7 Å². The van der Waals surface area contributed by atoms with Gasteiger partial charge >= 0.3 is 0 Å². The fourth-order valence-electron chi connectivity index (χ4n) is 2.25. The Bertz CT molecular complexity index is 601. The molecule has 0 heterocycles. The van der Waals surface area contributed by atoms with Crippen molar-refractivity contribution < 1.29 is 14.2 Å². The van der Waals surface area contributed by atoms with Gasteiger partial charge < -0.3 is 15.2 Å². The summed E-state index contributed by atoms with van der Waals surface area (Å²) in [6.45, 7) is 3.11. The second-order valence-electron chi connectivity index (χ2n) is 5.06. The maximum absolute atomic E-state index is 13.3. The lowest BCUT2D eigenvalue weighted by molar-refractivity contribution is 0.185. The van der Waals surface area contributed by atoms with Gasteiger partial charge in [-0.25, -0.2) is 4.39 Å². The van der Waals surface area contributed by atoms with Crippen molar-refractivity contribution in [1.29, 1.82) is 0 Å². The Morgan fingerprint density at radius 2 is 1.95 bits per heavy atom. The minimum absolute atomic E-state index is 0.101. The van der Waals surface area contributed by atoms with Gasteiger partial charge in [0.25, 0.3) is 0 Å². The normalized spacial score (nSPS) is 12.3. The van der Waals surface area contributed by atoms with Crippen LogP contribution < -0.4 is 5.32 Å². The smallest absolute Gasteiger partial charge is 0.123 e. The number of benzene rings is 2. The summed E-state index contributed by atoms with van der Waals surface area (Å²) >= 11 is 0. The maximum Gasteiger partial charge on any atom is 0.123 e. The first-order valence-electron chi connectivity index (χ1n) is 6.88. The minimum Gasteiger partial charge on any atom is -0.508 e. The van der Waals surface area contributed by atoms with E-state index in [9.17, 15) is 9.50 Å². The number of nitrogens with one attached hydrogen (secondary N) is 1. The Labute approximate surface area is 124 Å². The zero-order chi connectivity index (χ0) is 15.2.